The van der Waals surface area contributed by atoms with Crippen LogP contribution in [0, 0.1) is 0 Å². The van der Waals surface area contributed by atoms with Crippen molar-refractivity contribution in [2.24, 2.45) is 0 Å². The molecular formula is C17H21N5O. The zero-order chi connectivity index (χ0) is 16.1. The molecule has 3 rings (SSSR count). The third kappa shape index (κ3) is 3.83. The highest BCUT2D eigenvalue weighted by molar-refractivity contribution is 5.76. The smallest absolute Gasteiger partial charge is 0.222 e. The molecule has 1 saturated heterocycles. The first-order chi connectivity index (χ1) is 11.3. The average Bonchev–Trinajstić information content (AvgIpc) is 2.62. The molecule has 2 aromatic heterocycles. The number of nitrogens with zero attached hydrogens (tertiary/aromatic N) is 4. The molecule has 0 unspecified atom stereocenters. The van der Waals surface area contributed by atoms with Gasteiger partial charge in [0, 0.05) is 31.6 Å². The molecule has 120 valence electrons. The number of hydrogen-bond donors (Lipinski definition) is 1. The number of amides is 1. The monoisotopic (exact) mass is 311 g/mol. The standard InChI is InChI=1S/C17H21N5O/c1-2-17(23)22-9-5-6-13(12-22)14-10-20-16(11-19-14)21-15-7-3-4-8-18-15/h3-4,7-8,10-11,13H,2,5-6,9,12H2,1H3,(H,18,20,21)/t13-/m0/s1. The van der Waals surface area contributed by atoms with Gasteiger partial charge in [0.25, 0.3) is 0 Å². The minimum atomic E-state index is 0.219. The summed E-state index contributed by atoms with van der Waals surface area (Å²) >= 11 is 0. The summed E-state index contributed by atoms with van der Waals surface area (Å²) in [6, 6.07) is 5.66. The predicted octanol–water partition coefficient (Wildman–Crippen LogP) is 2.73. The van der Waals surface area contributed by atoms with Crippen LogP contribution in [-0.4, -0.2) is 38.8 Å². The van der Waals surface area contributed by atoms with E-state index in [0.29, 0.717) is 12.2 Å². The van der Waals surface area contributed by atoms with Crippen LogP contribution in [0.15, 0.2) is 36.8 Å². The predicted molar refractivity (Wildman–Crippen MR) is 88.4 cm³/mol. The van der Waals surface area contributed by atoms with Crippen LogP contribution in [0.4, 0.5) is 11.6 Å². The molecule has 23 heavy (non-hydrogen) atoms. The van der Waals surface area contributed by atoms with Crippen LogP contribution in [0.3, 0.4) is 0 Å². The minimum Gasteiger partial charge on any atom is -0.342 e. The van der Waals surface area contributed by atoms with Crippen molar-refractivity contribution in [3.63, 3.8) is 0 Å². The van der Waals surface area contributed by atoms with E-state index in [-0.39, 0.29) is 11.8 Å². The molecule has 6 heteroatoms. The Morgan fingerprint density at radius 2 is 2.17 bits per heavy atom. The lowest BCUT2D eigenvalue weighted by atomic mass is 9.95. The Morgan fingerprint density at radius 1 is 1.26 bits per heavy atom. The van der Waals surface area contributed by atoms with Gasteiger partial charge in [-0.25, -0.2) is 9.97 Å². The highest BCUT2D eigenvalue weighted by Crippen LogP contribution is 2.26. The van der Waals surface area contributed by atoms with Crippen molar-refractivity contribution in [2.75, 3.05) is 18.4 Å². The fourth-order valence-corrected chi connectivity index (χ4v) is 2.85. The molecule has 1 atom stereocenters. The number of piperidine rings is 1. The van der Waals surface area contributed by atoms with Crippen LogP contribution >= 0.6 is 0 Å². The maximum Gasteiger partial charge on any atom is 0.222 e. The van der Waals surface area contributed by atoms with E-state index in [9.17, 15) is 4.79 Å². The van der Waals surface area contributed by atoms with Crippen LogP contribution < -0.4 is 5.32 Å². The van der Waals surface area contributed by atoms with Gasteiger partial charge in [-0.3, -0.25) is 9.78 Å². The molecule has 1 amide bonds. The van der Waals surface area contributed by atoms with Gasteiger partial charge in [-0.15, -0.1) is 0 Å². The highest BCUT2D eigenvalue weighted by Gasteiger charge is 2.24. The Hall–Kier alpha value is -2.50. The van der Waals surface area contributed by atoms with Gasteiger partial charge in [-0.2, -0.15) is 0 Å². The van der Waals surface area contributed by atoms with Gasteiger partial charge in [-0.1, -0.05) is 13.0 Å². The number of rotatable bonds is 4. The van der Waals surface area contributed by atoms with Crippen LogP contribution in [0.1, 0.15) is 37.8 Å². The normalized spacial score (nSPS) is 17.8. The Balaban J connectivity index is 1.66. The molecule has 0 radical (unpaired) electrons. The summed E-state index contributed by atoms with van der Waals surface area (Å²) < 4.78 is 0. The Kier molecular flexibility index (Phi) is 4.80. The Morgan fingerprint density at radius 3 is 2.87 bits per heavy atom. The first kappa shape index (κ1) is 15.4. The van der Waals surface area contributed by atoms with Gasteiger partial charge in [0.15, 0.2) is 0 Å². The Bertz CT molecular complexity index is 644. The van der Waals surface area contributed by atoms with Gasteiger partial charge >= 0.3 is 0 Å². The molecule has 0 saturated carbocycles. The van der Waals surface area contributed by atoms with Crippen molar-refractivity contribution in [1.82, 2.24) is 19.9 Å². The molecule has 1 aliphatic rings. The summed E-state index contributed by atoms with van der Waals surface area (Å²) in [5.74, 6) is 1.91. The number of aromatic nitrogens is 3. The maximum atomic E-state index is 11.9. The lowest BCUT2D eigenvalue weighted by molar-refractivity contribution is -0.132. The van der Waals surface area contributed by atoms with Gasteiger partial charge in [-0.05, 0) is 25.0 Å². The van der Waals surface area contributed by atoms with Crippen LogP contribution in [0.5, 0.6) is 0 Å². The van der Waals surface area contributed by atoms with Crippen LogP contribution in [0.2, 0.25) is 0 Å². The highest BCUT2D eigenvalue weighted by atomic mass is 16.2. The van der Waals surface area contributed by atoms with E-state index in [2.05, 4.69) is 20.3 Å². The molecule has 1 fully saturated rings. The number of hydrogen-bond acceptors (Lipinski definition) is 5. The van der Waals surface area contributed by atoms with Crippen molar-refractivity contribution < 1.29 is 4.79 Å². The van der Waals surface area contributed by atoms with E-state index >= 15 is 0 Å². The second-order valence-corrected chi connectivity index (χ2v) is 5.70. The van der Waals surface area contributed by atoms with Crippen molar-refractivity contribution >= 4 is 17.5 Å². The third-order valence-corrected chi connectivity index (χ3v) is 4.09. The summed E-state index contributed by atoms with van der Waals surface area (Å²) in [6.07, 6.45) is 7.89. The van der Waals surface area contributed by atoms with Crippen molar-refractivity contribution in [2.45, 2.75) is 32.1 Å². The molecule has 3 heterocycles. The van der Waals surface area contributed by atoms with Gasteiger partial charge in [0.05, 0.1) is 18.1 Å². The molecule has 2 aromatic rings. The van der Waals surface area contributed by atoms with E-state index < -0.39 is 0 Å². The number of pyridine rings is 1. The number of likely N-dealkylation sites (tertiary alicyclic amines) is 1. The van der Waals surface area contributed by atoms with E-state index in [4.69, 9.17) is 0 Å². The third-order valence-electron chi connectivity index (χ3n) is 4.09. The summed E-state index contributed by atoms with van der Waals surface area (Å²) in [7, 11) is 0. The van der Waals surface area contributed by atoms with Gasteiger partial charge in [0.2, 0.25) is 5.91 Å². The topological polar surface area (TPSA) is 71.0 Å². The lowest BCUT2D eigenvalue weighted by Crippen LogP contribution is -2.38. The number of carbonyl (C=O) groups is 1. The zero-order valence-corrected chi connectivity index (χ0v) is 13.3. The second-order valence-electron chi connectivity index (χ2n) is 5.70. The first-order valence-electron chi connectivity index (χ1n) is 8.04. The summed E-state index contributed by atoms with van der Waals surface area (Å²) in [4.78, 5) is 27.0. The summed E-state index contributed by atoms with van der Waals surface area (Å²) in [6.45, 7) is 3.51. The molecule has 1 N–H and O–H groups in total. The van der Waals surface area contributed by atoms with Gasteiger partial charge < -0.3 is 10.2 Å². The minimum absolute atomic E-state index is 0.219. The number of carbonyl (C=O) groups excluding carboxylic acids is 1. The van der Waals surface area contributed by atoms with Crippen molar-refractivity contribution in [3.8, 4) is 0 Å². The van der Waals surface area contributed by atoms with Crippen LogP contribution in [0.25, 0.3) is 0 Å². The average molecular weight is 311 g/mol. The van der Waals surface area contributed by atoms with E-state index in [1.807, 2.05) is 30.0 Å². The van der Waals surface area contributed by atoms with E-state index in [1.165, 1.54) is 0 Å². The fourth-order valence-electron chi connectivity index (χ4n) is 2.85. The van der Waals surface area contributed by atoms with Gasteiger partial charge in [0.1, 0.15) is 11.6 Å². The maximum absolute atomic E-state index is 11.9. The SMILES string of the molecule is CCC(=O)N1CCC[C@H](c2cnc(Nc3ccccn3)cn2)C1. The summed E-state index contributed by atoms with van der Waals surface area (Å²) in [5.41, 5.74) is 0.949. The lowest BCUT2D eigenvalue weighted by Gasteiger charge is -2.32. The molecular weight excluding hydrogens is 290 g/mol. The van der Waals surface area contributed by atoms with E-state index in [1.54, 1.807) is 18.6 Å². The number of nitrogens with one attached hydrogen (secondary N) is 1. The molecule has 0 bridgehead atoms. The first-order valence-corrected chi connectivity index (χ1v) is 8.04. The second kappa shape index (κ2) is 7.17. The van der Waals surface area contributed by atoms with Crippen molar-refractivity contribution in [1.29, 1.82) is 0 Å². The fraction of sp³-hybridized carbons (Fsp3) is 0.412. The molecule has 0 aliphatic carbocycles. The molecule has 6 nitrogen and oxygen atoms in total. The quantitative estimate of drug-likeness (QED) is 0.940. The Labute approximate surface area is 136 Å². The zero-order valence-electron chi connectivity index (χ0n) is 13.3. The molecule has 1 aliphatic heterocycles. The number of anilines is 2. The molecule has 0 spiro atoms. The van der Waals surface area contributed by atoms with E-state index in [0.717, 1.165) is 37.4 Å². The molecule has 0 aromatic carbocycles. The largest absolute Gasteiger partial charge is 0.342 e. The van der Waals surface area contributed by atoms with Crippen LogP contribution in [-0.2, 0) is 4.79 Å². The summed E-state index contributed by atoms with van der Waals surface area (Å²) in [5, 5.41) is 3.12. The van der Waals surface area contributed by atoms with Crippen molar-refractivity contribution in [3.05, 3.63) is 42.5 Å².